The number of methoxy groups -OCH3 is 2. The molecular weight excluding hydrogens is 312 g/mol. The number of hydrogen-bond acceptors (Lipinski definition) is 5. The molecule has 0 fully saturated rings. The molecule has 2 aromatic carbocycles. The number of benzene rings is 2. The van der Waals surface area contributed by atoms with E-state index in [1.807, 2.05) is 42.5 Å². The summed E-state index contributed by atoms with van der Waals surface area (Å²) < 4.78 is 15.5. The van der Waals surface area contributed by atoms with E-state index in [9.17, 15) is 4.79 Å². The Hall–Kier alpha value is -2.14. The van der Waals surface area contributed by atoms with Crippen molar-refractivity contribution in [2.24, 2.45) is 0 Å². The lowest BCUT2D eigenvalue weighted by molar-refractivity contribution is 0.0600. The number of carbonyl (C=O) groups excluding carboxylic acids is 1. The smallest absolute Gasteiger partial charge is 0.337 e. The number of thioether (sulfide) groups is 1. The van der Waals surface area contributed by atoms with Gasteiger partial charge in [-0.05, 0) is 42.0 Å². The molecule has 0 bridgehead atoms. The highest BCUT2D eigenvalue weighted by Gasteiger charge is 2.05. The molecule has 23 heavy (non-hydrogen) atoms. The fourth-order valence-corrected chi connectivity index (χ4v) is 2.75. The average molecular weight is 332 g/mol. The van der Waals surface area contributed by atoms with Crippen LogP contribution >= 0.6 is 11.8 Å². The molecule has 0 atom stereocenters. The van der Waals surface area contributed by atoms with E-state index in [0.29, 0.717) is 12.2 Å². The normalized spacial score (nSPS) is 10.2. The molecule has 0 aliphatic heterocycles. The molecule has 4 nitrogen and oxygen atoms in total. The van der Waals surface area contributed by atoms with E-state index >= 15 is 0 Å². The first-order chi connectivity index (χ1) is 11.2. The Morgan fingerprint density at radius 2 is 1.78 bits per heavy atom. The van der Waals surface area contributed by atoms with E-state index in [1.165, 1.54) is 7.11 Å². The SMILES string of the molecule is COC(=O)c1cccc(CSCCOc2ccc(OC)cc2)c1. The predicted molar refractivity (Wildman–Crippen MR) is 92.4 cm³/mol. The van der Waals surface area contributed by atoms with Crippen LogP contribution in [0.5, 0.6) is 11.5 Å². The molecule has 0 saturated carbocycles. The van der Waals surface area contributed by atoms with Crippen molar-refractivity contribution in [2.45, 2.75) is 5.75 Å². The van der Waals surface area contributed by atoms with Gasteiger partial charge >= 0.3 is 5.97 Å². The van der Waals surface area contributed by atoms with E-state index in [-0.39, 0.29) is 5.97 Å². The average Bonchev–Trinajstić information content (AvgIpc) is 2.61. The minimum absolute atomic E-state index is 0.306. The Labute approximate surface area is 140 Å². The van der Waals surface area contributed by atoms with Crippen LogP contribution in [0.4, 0.5) is 0 Å². The zero-order valence-electron chi connectivity index (χ0n) is 13.3. The number of rotatable bonds is 8. The van der Waals surface area contributed by atoms with Crippen LogP contribution in [0.15, 0.2) is 48.5 Å². The van der Waals surface area contributed by atoms with Gasteiger partial charge in [-0.2, -0.15) is 11.8 Å². The highest BCUT2D eigenvalue weighted by Crippen LogP contribution is 2.18. The van der Waals surface area contributed by atoms with Crippen LogP contribution in [0.3, 0.4) is 0 Å². The van der Waals surface area contributed by atoms with Gasteiger partial charge in [0.05, 0.1) is 26.4 Å². The van der Waals surface area contributed by atoms with Crippen molar-refractivity contribution in [3.8, 4) is 11.5 Å². The quantitative estimate of drug-likeness (QED) is 0.543. The molecule has 2 aromatic rings. The summed E-state index contributed by atoms with van der Waals surface area (Å²) in [6.07, 6.45) is 0. The molecule has 0 heterocycles. The summed E-state index contributed by atoms with van der Waals surface area (Å²) in [5.41, 5.74) is 1.68. The number of carbonyl (C=O) groups is 1. The molecule has 0 aliphatic carbocycles. The predicted octanol–water partition coefficient (Wildman–Crippen LogP) is 3.79. The monoisotopic (exact) mass is 332 g/mol. The zero-order chi connectivity index (χ0) is 16.5. The third-order valence-electron chi connectivity index (χ3n) is 3.17. The van der Waals surface area contributed by atoms with Crippen molar-refractivity contribution in [1.29, 1.82) is 0 Å². The third-order valence-corrected chi connectivity index (χ3v) is 4.17. The van der Waals surface area contributed by atoms with E-state index in [0.717, 1.165) is 28.6 Å². The molecule has 5 heteroatoms. The Kier molecular flexibility index (Phi) is 6.81. The van der Waals surface area contributed by atoms with E-state index in [2.05, 4.69) is 0 Å². The van der Waals surface area contributed by atoms with Gasteiger partial charge in [0.1, 0.15) is 11.5 Å². The van der Waals surface area contributed by atoms with Crippen molar-refractivity contribution < 1.29 is 19.0 Å². The molecule has 0 saturated heterocycles. The summed E-state index contributed by atoms with van der Waals surface area (Å²) in [5, 5.41) is 0. The fourth-order valence-electron chi connectivity index (χ4n) is 1.99. The second kappa shape index (κ2) is 9.10. The standard InChI is InChI=1S/C18H20O4S/c1-20-16-6-8-17(9-7-16)22-10-11-23-13-14-4-3-5-15(12-14)18(19)21-2/h3-9,12H,10-11,13H2,1-2H3. The van der Waals surface area contributed by atoms with Gasteiger partial charge in [0.25, 0.3) is 0 Å². The van der Waals surface area contributed by atoms with Crippen LogP contribution in [-0.4, -0.2) is 32.5 Å². The molecule has 0 aliphatic rings. The third kappa shape index (κ3) is 5.53. The van der Waals surface area contributed by atoms with E-state index in [4.69, 9.17) is 14.2 Å². The van der Waals surface area contributed by atoms with Gasteiger partial charge in [-0.25, -0.2) is 4.79 Å². The lowest BCUT2D eigenvalue weighted by Crippen LogP contribution is -2.02. The molecular formula is C18H20O4S. The molecule has 0 unspecified atom stereocenters. The molecule has 2 rings (SSSR count). The Balaban J connectivity index is 1.71. The van der Waals surface area contributed by atoms with Crippen molar-refractivity contribution in [1.82, 2.24) is 0 Å². The lowest BCUT2D eigenvalue weighted by Gasteiger charge is -2.07. The zero-order valence-corrected chi connectivity index (χ0v) is 14.1. The van der Waals surface area contributed by atoms with Crippen LogP contribution in [-0.2, 0) is 10.5 Å². The largest absolute Gasteiger partial charge is 0.497 e. The minimum atomic E-state index is -0.306. The van der Waals surface area contributed by atoms with Gasteiger partial charge < -0.3 is 14.2 Å². The van der Waals surface area contributed by atoms with Crippen LogP contribution in [0, 0.1) is 0 Å². The summed E-state index contributed by atoms with van der Waals surface area (Å²) in [6, 6.07) is 15.0. The van der Waals surface area contributed by atoms with Crippen molar-refractivity contribution in [2.75, 3.05) is 26.6 Å². The molecule has 0 radical (unpaired) electrons. The highest BCUT2D eigenvalue weighted by atomic mass is 32.2. The van der Waals surface area contributed by atoms with E-state index in [1.54, 1.807) is 24.9 Å². The van der Waals surface area contributed by atoms with Gasteiger partial charge in [0.15, 0.2) is 0 Å². The fraction of sp³-hybridized carbons (Fsp3) is 0.278. The van der Waals surface area contributed by atoms with Crippen molar-refractivity contribution in [3.63, 3.8) is 0 Å². The highest BCUT2D eigenvalue weighted by molar-refractivity contribution is 7.98. The van der Waals surface area contributed by atoms with Gasteiger partial charge in [-0.1, -0.05) is 12.1 Å². The Morgan fingerprint density at radius 3 is 2.48 bits per heavy atom. The first kappa shape index (κ1) is 17.2. The van der Waals surface area contributed by atoms with Gasteiger partial charge in [-0.3, -0.25) is 0 Å². The van der Waals surface area contributed by atoms with Crippen molar-refractivity contribution in [3.05, 3.63) is 59.7 Å². The van der Waals surface area contributed by atoms with Crippen LogP contribution < -0.4 is 9.47 Å². The maximum absolute atomic E-state index is 11.5. The minimum Gasteiger partial charge on any atom is -0.497 e. The first-order valence-electron chi connectivity index (χ1n) is 7.25. The second-order valence-corrected chi connectivity index (χ2v) is 5.87. The summed E-state index contributed by atoms with van der Waals surface area (Å²) in [5.74, 6) is 3.04. The molecule has 0 amide bonds. The van der Waals surface area contributed by atoms with Crippen LogP contribution in [0.2, 0.25) is 0 Å². The first-order valence-corrected chi connectivity index (χ1v) is 8.40. The summed E-state index contributed by atoms with van der Waals surface area (Å²) >= 11 is 1.76. The van der Waals surface area contributed by atoms with E-state index < -0.39 is 0 Å². The van der Waals surface area contributed by atoms with Crippen molar-refractivity contribution >= 4 is 17.7 Å². The number of esters is 1. The number of hydrogen-bond donors (Lipinski definition) is 0. The van der Waals surface area contributed by atoms with Crippen LogP contribution in [0.25, 0.3) is 0 Å². The lowest BCUT2D eigenvalue weighted by atomic mass is 10.1. The maximum Gasteiger partial charge on any atom is 0.337 e. The van der Waals surface area contributed by atoms with Gasteiger partial charge in [0.2, 0.25) is 0 Å². The Bertz CT molecular complexity index is 625. The molecule has 122 valence electrons. The Morgan fingerprint density at radius 1 is 1.04 bits per heavy atom. The number of ether oxygens (including phenoxy) is 3. The van der Waals surface area contributed by atoms with Crippen LogP contribution in [0.1, 0.15) is 15.9 Å². The van der Waals surface area contributed by atoms with Gasteiger partial charge in [0, 0.05) is 11.5 Å². The second-order valence-electron chi connectivity index (χ2n) is 4.77. The summed E-state index contributed by atoms with van der Waals surface area (Å²) in [7, 11) is 3.03. The molecule has 0 N–H and O–H groups in total. The molecule has 0 aromatic heterocycles. The molecule has 0 spiro atoms. The summed E-state index contributed by atoms with van der Waals surface area (Å²) in [4.78, 5) is 11.5. The maximum atomic E-state index is 11.5. The summed E-state index contributed by atoms with van der Waals surface area (Å²) in [6.45, 7) is 0.633. The topological polar surface area (TPSA) is 44.8 Å². The van der Waals surface area contributed by atoms with Gasteiger partial charge in [-0.15, -0.1) is 0 Å².